The SMILES string of the molecule is C[C@H]1CCCN1C(=O)OCCl. The minimum Gasteiger partial charge on any atom is -0.433 e. The molecule has 1 atom stereocenters. The molecular weight excluding hydrogens is 166 g/mol. The van der Waals surface area contributed by atoms with E-state index >= 15 is 0 Å². The molecular formula is C7H12ClNO2. The topological polar surface area (TPSA) is 29.5 Å². The highest BCUT2D eigenvalue weighted by molar-refractivity contribution is 6.17. The van der Waals surface area contributed by atoms with Crippen LogP contribution in [0.25, 0.3) is 0 Å². The van der Waals surface area contributed by atoms with Gasteiger partial charge in [-0.1, -0.05) is 11.6 Å². The van der Waals surface area contributed by atoms with E-state index < -0.39 is 0 Å². The number of halogens is 1. The van der Waals surface area contributed by atoms with Crippen LogP contribution in [0.3, 0.4) is 0 Å². The first-order valence-electron chi connectivity index (χ1n) is 3.75. The summed E-state index contributed by atoms with van der Waals surface area (Å²) in [5.74, 6) is 0. The Bertz CT molecular complexity index is 151. The van der Waals surface area contributed by atoms with Crippen molar-refractivity contribution >= 4 is 17.7 Å². The maximum atomic E-state index is 11.1. The van der Waals surface area contributed by atoms with Gasteiger partial charge in [0.1, 0.15) is 0 Å². The van der Waals surface area contributed by atoms with Crippen LogP contribution in [0.1, 0.15) is 19.8 Å². The summed E-state index contributed by atoms with van der Waals surface area (Å²) in [6, 6.07) is 0.257. The molecule has 1 saturated heterocycles. The molecule has 0 bridgehead atoms. The van der Waals surface area contributed by atoms with Crippen molar-refractivity contribution in [2.45, 2.75) is 25.8 Å². The molecule has 0 aromatic heterocycles. The summed E-state index contributed by atoms with van der Waals surface area (Å²) in [4.78, 5) is 12.8. The summed E-state index contributed by atoms with van der Waals surface area (Å²) >= 11 is 5.25. The Morgan fingerprint density at radius 3 is 3.00 bits per heavy atom. The van der Waals surface area contributed by atoms with Crippen LogP contribution in [0.2, 0.25) is 0 Å². The van der Waals surface area contributed by atoms with Crippen LogP contribution in [-0.2, 0) is 4.74 Å². The first-order valence-corrected chi connectivity index (χ1v) is 4.28. The molecule has 0 aliphatic carbocycles. The molecule has 0 N–H and O–H groups in total. The van der Waals surface area contributed by atoms with E-state index in [1.807, 2.05) is 6.92 Å². The quantitative estimate of drug-likeness (QED) is 0.572. The number of carbonyl (C=O) groups excluding carboxylic acids is 1. The zero-order chi connectivity index (χ0) is 8.27. The van der Waals surface area contributed by atoms with Crippen LogP contribution in [0.5, 0.6) is 0 Å². The Balaban J connectivity index is 2.39. The summed E-state index contributed by atoms with van der Waals surface area (Å²) in [5, 5.41) is 0. The van der Waals surface area contributed by atoms with Gasteiger partial charge in [0.25, 0.3) is 0 Å². The van der Waals surface area contributed by atoms with Gasteiger partial charge in [-0.25, -0.2) is 4.79 Å². The smallest absolute Gasteiger partial charge is 0.411 e. The van der Waals surface area contributed by atoms with E-state index in [4.69, 9.17) is 11.6 Å². The second-order valence-corrected chi connectivity index (χ2v) is 2.92. The number of carbonyl (C=O) groups is 1. The lowest BCUT2D eigenvalue weighted by atomic mass is 10.2. The van der Waals surface area contributed by atoms with Crippen molar-refractivity contribution in [1.29, 1.82) is 0 Å². The van der Waals surface area contributed by atoms with Crippen LogP contribution < -0.4 is 0 Å². The van der Waals surface area contributed by atoms with Crippen molar-refractivity contribution in [3.63, 3.8) is 0 Å². The summed E-state index contributed by atoms with van der Waals surface area (Å²) < 4.78 is 4.65. The van der Waals surface area contributed by atoms with Crippen LogP contribution in [0, 0.1) is 0 Å². The van der Waals surface area contributed by atoms with Crippen molar-refractivity contribution in [1.82, 2.24) is 4.90 Å². The maximum absolute atomic E-state index is 11.1. The van der Waals surface area contributed by atoms with Crippen LogP contribution in [0.15, 0.2) is 0 Å². The molecule has 4 heteroatoms. The Morgan fingerprint density at radius 1 is 1.82 bits per heavy atom. The van der Waals surface area contributed by atoms with Gasteiger partial charge in [-0.05, 0) is 19.8 Å². The number of rotatable bonds is 1. The van der Waals surface area contributed by atoms with Gasteiger partial charge in [-0.15, -0.1) is 0 Å². The van der Waals surface area contributed by atoms with Crippen LogP contribution >= 0.6 is 11.6 Å². The lowest BCUT2D eigenvalue weighted by molar-refractivity contribution is 0.116. The summed E-state index contributed by atoms with van der Waals surface area (Å²) in [7, 11) is 0. The number of alkyl halides is 1. The maximum Gasteiger partial charge on any atom is 0.411 e. The standard InChI is InChI=1S/C7H12ClNO2/c1-6-3-2-4-9(6)7(10)11-5-8/h6H,2-5H2,1H3/t6-/m0/s1. The predicted molar refractivity (Wildman–Crippen MR) is 42.6 cm³/mol. The third-order valence-electron chi connectivity index (χ3n) is 1.97. The molecule has 0 radical (unpaired) electrons. The number of hydrogen-bond donors (Lipinski definition) is 0. The van der Waals surface area contributed by atoms with E-state index in [0.29, 0.717) is 6.04 Å². The normalized spacial score (nSPS) is 23.8. The number of nitrogens with zero attached hydrogens (tertiary/aromatic N) is 1. The van der Waals surface area contributed by atoms with E-state index in [9.17, 15) is 4.79 Å². The molecule has 1 fully saturated rings. The lowest BCUT2D eigenvalue weighted by Crippen LogP contribution is -2.33. The highest BCUT2D eigenvalue weighted by atomic mass is 35.5. The van der Waals surface area contributed by atoms with Crippen molar-refractivity contribution in [2.24, 2.45) is 0 Å². The van der Waals surface area contributed by atoms with Gasteiger partial charge in [-0.2, -0.15) is 0 Å². The first-order chi connectivity index (χ1) is 5.25. The molecule has 0 unspecified atom stereocenters. The summed E-state index contributed by atoms with van der Waals surface area (Å²) in [6.07, 6.45) is 1.85. The fourth-order valence-electron chi connectivity index (χ4n) is 1.33. The molecule has 1 aliphatic heterocycles. The van der Waals surface area contributed by atoms with E-state index in [1.54, 1.807) is 4.90 Å². The number of hydrogen-bond acceptors (Lipinski definition) is 2. The second kappa shape index (κ2) is 3.81. The van der Waals surface area contributed by atoms with Gasteiger partial charge in [0.15, 0.2) is 6.07 Å². The van der Waals surface area contributed by atoms with Crippen molar-refractivity contribution in [3.8, 4) is 0 Å². The van der Waals surface area contributed by atoms with Crippen LogP contribution in [-0.4, -0.2) is 29.6 Å². The van der Waals surface area contributed by atoms with Gasteiger partial charge >= 0.3 is 6.09 Å². The Hall–Kier alpha value is -0.440. The molecule has 0 aromatic rings. The molecule has 1 amide bonds. The molecule has 3 nitrogen and oxygen atoms in total. The average Bonchev–Trinajstić information content (AvgIpc) is 2.36. The zero-order valence-electron chi connectivity index (χ0n) is 6.55. The molecule has 0 spiro atoms. The molecule has 1 aliphatic rings. The minimum absolute atomic E-state index is 0.0535. The summed E-state index contributed by atoms with van der Waals surface area (Å²) in [6.45, 7) is 2.82. The Kier molecular flexibility index (Phi) is 3.00. The van der Waals surface area contributed by atoms with Crippen molar-refractivity contribution in [2.75, 3.05) is 12.6 Å². The Morgan fingerprint density at radius 2 is 2.55 bits per heavy atom. The number of amides is 1. The predicted octanol–water partition coefficient (Wildman–Crippen LogP) is 1.80. The fraction of sp³-hybridized carbons (Fsp3) is 0.857. The molecule has 0 saturated carbocycles. The molecule has 0 aromatic carbocycles. The second-order valence-electron chi connectivity index (χ2n) is 2.70. The fourth-order valence-corrected chi connectivity index (χ4v) is 1.43. The van der Waals surface area contributed by atoms with Crippen molar-refractivity contribution in [3.05, 3.63) is 0 Å². The van der Waals surface area contributed by atoms with Gasteiger partial charge in [0.2, 0.25) is 0 Å². The molecule has 1 rings (SSSR count). The van der Waals surface area contributed by atoms with Crippen molar-refractivity contribution < 1.29 is 9.53 Å². The minimum atomic E-state index is -0.287. The van der Waals surface area contributed by atoms with Gasteiger partial charge in [-0.3, -0.25) is 0 Å². The Labute approximate surface area is 71.3 Å². The molecule has 11 heavy (non-hydrogen) atoms. The van der Waals surface area contributed by atoms with Gasteiger partial charge in [0, 0.05) is 12.6 Å². The largest absolute Gasteiger partial charge is 0.433 e. The van der Waals surface area contributed by atoms with E-state index in [0.717, 1.165) is 19.4 Å². The summed E-state index contributed by atoms with van der Waals surface area (Å²) in [5.41, 5.74) is 0. The molecule has 64 valence electrons. The van der Waals surface area contributed by atoms with Gasteiger partial charge in [0.05, 0.1) is 0 Å². The highest BCUT2D eigenvalue weighted by Crippen LogP contribution is 2.17. The monoisotopic (exact) mass is 177 g/mol. The highest BCUT2D eigenvalue weighted by Gasteiger charge is 2.25. The number of ether oxygens (including phenoxy) is 1. The lowest BCUT2D eigenvalue weighted by Gasteiger charge is -2.19. The van der Waals surface area contributed by atoms with E-state index in [-0.39, 0.29) is 12.2 Å². The zero-order valence-corrected chi connectivity index (χ0v) is 7.30. The molecule has 1 heterocycles. The van der Waals surface area contributed by atoms with Gasteiger partial charge < -0.3 is 9.64 Å². The van der Waals surface area contributed by atoms with Crippen LogP contribution in [0.4, 0.5) is 4.79 Å². The first kappa shape index (κ1) is 8.65. The average molecular weight is 178 g/mol. The number of likely N-dealkylation sites (tertiary alicyclic amines) is 1. The van der Waals surface area contributed by atoms with E-state index in [1.165, 1.54) is 0 Å². The third kappa shape index (κ3) is 1.99. The van der Waals surface area contributed by atoms with E-state index in [2.05, 4.69) is 4.74 Å². The third-order valence-corrected chi connectivity index (χ3v) is 2.07.